The molecule has 0 atom stereocenters. The molecule has 12 heteroatoms. The van der Waals surface area contributed by atoms with Crippen molar-refractivity contribution in [3.05, 3.63) is 66.1 Å². The summed E-state index contributed by atoms with van der Waals surface area (Å²) in [6.07, 6.45) is -2.22. The molecule has 176 valence electrons. The number of nitrogens with one attached hydrogen (secondary N) is 1. The minimum atomic E-state index is -4.60. The Morgan fingerprint density at radius 1 is 1.00 bits per heavy atom. The van der Waals surface area contributed by atoms with Gasteiger partial charge in [0.1, 0.15) is 18.1 Å². The van der Waals surface area contributed by atoms with E-state index in [9.17, 15) is 21.6 Å². The minimum Gasteiger partial charge on any atom is -0.377 e. The Morgan fingerprint density at radius 2 is 1.74 bits per heavy atom. The number of rotatable bonds is 6. The molecule has 0 saturated heterocycles. The number of nitrogens with zero attached hydrogens (tertiary/aromatic N) is 4. The number of anilines is 2. The molecule has 3 aromatic heterocycles. The van der Waals surface area contributed by atoms with E-state index in [-0.39, 0.29) is 34.4 Å². The van der Waals surface area contributed by atoms with Gasteiger partial charge in [0.2, 0.25) is 0 Å². The number of aromatic nitrogens is 4. The molecule has 8 nitrogen and oxygen atoms in total. The Hall–Kier alpha value is -3.64. The van der Waals surface area contributed by atoms with Crippen LogP contribution in [0.4, 0.5) is 24.7 Å². The third kappa shape index (κ3) is 4.97. The first kappa shape index (κ1) is 23.5. The van der Waals surface area contributed by atoms with Crippen molar-refractivity contribution < 1.29 is 26.3 Å². The van der Waals surface area contributed by atoms with Crippen LogP contribution in [0.3, 0.4) is 0 Å². The summed E-state index contributed by atoms with van der Waals surface area (Å²) in [5.74, 6) is 0.590. The lowest BCUT2D eigenvalue weighted by molar-refractivity contribution is -0.137. The maximum atomic E-state index is 13.5. The topological polar surface area (TPSA) is 107 Å². The van der Waals surface area contributed by atoms with Gasteiger partial charge in [-0.15, -0.1) is 0 Å². The van der Waals surface area contributed by atoms with Crippen molar-refractivity contribution in [3.8, 4) is 11.4 Å². The molecule has 0 saturated carbocycles. The Morgan fingerprint density at radius 3 is 2.38 bits per heavy atom. The molecule has 0 amide bonds. The number of sulfone groups is 1. The van der Waals surface area contributed by atoms with Crippen LogP contribution in [0.5, 0.6) is 0 Å². The molecule has 0 spiro atoms. The summed E-state index contributed by atoms with van der Waals surface area (Å²) in [6.45, 7) is 0.0426. The first-order valence-electron chi connectivity index (χ1n) is 9.82. The number of ether oxygens (including phenoxy) is 1. The van der Waals surface area contributed by atoms with E-state index in [4.69, 9.17) is 4.74 Å². The zero-order chi connectivity index (χ0) is 24.5. The highest BCUT2D eigenvalue weighted by Gasteiger charge is 2.34. The second kappa shape index (κ2) is 8.95. The molecule has 0 radical (unpaired) electrons. The van der Waals surface area contributed by atoms with Crippen LogP contribution in [0.2, 0.25) is 0 Å². The van der Waals surface area contributed by atoms with Gasteiger partial charge in [0, 0.05) is 25.2 Å². The number of hydrogen-bond acceptors (Lipinski definition) is 8. The van der Waals surface area contributed by atoms with E-state index >= 15 is 0 Å². The molecule has 3 heterocycles. The van der Waals surface area contributed by atoms with Crippen LogP contribution in [0.25, 0.3) is 22.4 Å². The third-order valence-corrected chi connectivity index (χ3v) is 5.91. The summed E-state index contributed by atoms with van der Waals surface area (Å²) in [4.78, 5) is 17.1. The smallest absolute Gasteiger partial charge is 0.377 e. The summed E-state index contributed by atoms with van der Waals surface area (Å²) < 4.78 is 68.9. The van der Waals surface area contributed by atoms with E-state index < -0.39 is 21.6 Å². The summed E-state index contributed by atoms with van der Waals surface area (Å²) in [6, 6.07) is 11.2. The van der Waals surface area contributed by atoms with E-state index in [1.807, 2.05) is 0 Å². The van der Waals surface area contributed by atoms with Gasteiger partial charge in [0.05, 0.1) is 21.5 Å². The molecule has 0 aliphatic carbocycles. The van der Waals surface area contributed by atoms with E-state index in [0.717, 1.165) is 12.3 Å². The highest BCUT2D eigenvalue weighted by molar-refractivity contribution is 7.90. The number of hydrogen-bond donors (Lipinski definition) is 1. The maximum absolute atomic E-state index is 13.5. The molecular formula is C22H18F3N5O3S. The Bertz CT molecular complexity index is 1460. The van der Waals surface area contributed by atoms with Crippen LogP contribution in [0.15, 0.2) is 59.6 Å². The summed E-state index contributed by atoms with van der Waals surface area (Å²) in [5.41, 5.74) is -0.518. The Labute approximate surface area is 192 Å². The summed E-state index contributed by atoms with van der Waals surface area (Å²) in [7, 11) is -1.90. The van der Waals surface area contributed by atoms with Crippen LogP contribution in [0, 0.1) is 0 Å². The monoisotopic (exact) mass is 489 g/mol. The van der Waals surface area contributed by atoms with Crippen LogP contribution in [0.1, 0.15) is 11.4 Å². The first-order chi connectivity index (χ1) is 16.1. The van der Waals surface area contributed by atoms with Gasteiger partial charge in [-0.05, 0) is 48.5 Å². The van der Waals surface area contributed by atoms with Crippen LogP contribution >= 0.6 is 0 Å². The van der Waals surface area contributed by atoms with E-state index in [2.05, 4.69) is 25.3 Å². The third-order valence-electron chi connectivity index (χ3n) is 4.78. The van der Waals surface area contributed by atoms with Crippen molar-refractivity contribution in [1.82, 2.24) is 19.9 Å². The molecule has 0 fully saturated rings. The molecule has 4 aromatic rings. The predicted octanol–water partition coefficient (Wildman–Crippen LogP) is 4.40. The van der Waals surface area contributed by atoms with Crippen molar-refractivity contribution >= 4 is 32.4 Å². The number of fused-ring (bicyclic) bond motifs is 1. The van der Waals surface area contributed by atoms with Crippen molar-refractivity contribution in [2.45, 2.75) is 17.7 Å². The quantitative estimate of drug-likeness (QED) is 0.425. The minimum absolute atomic E-state index is 0.00551. The Kier molecular flexibility index (Phi) is 6.19. The highest BCUT2D eigenvalue weighted by Crippen LogP contribution is 2.36. The average Bonchev–Trinajstić information content (AvgIpc) is 2.78. The fraction of sp³-hybridized carbons (Fsp3) is 0.182. The van der Waals surface area contributed by atoms with Gasteiger partial charge in [-0.1, -0.05) is 0 Å². The van der Waals surface area contributed by atoms with Gasteiger partial charge in [-0.2, -0.15) is 13.2 Å². The highest BCUT2D eigenvalue weighted by atomic mass is 32.2. The van der Waals surface area contributed by atoms with E-state index in [1.54, 1.807) is 18.2 Å². The summed E-state index contributed by atoms with van der Waals surface area (Å²) in [5, 5.41) is 3.53. The Balaban J connectivity index is 1.80. The lowest BCUT2D eigenvalue weighted by Crippen LogP contribution is -2.09. The van der Waals surface area contributed by atoms with Gasteiger partial charge in [0.25, 0.3) is 0 Å². The second-order valence-electron chi connectivity index (χ2n) is 7.31. The van der Waals surface area contributed by atoms with Gasteiger partial charge in [-0.3, -0.25) is 4.98 Å². The fourth-order valence-electron chi connectivity index (χ4n) is 3.24. The molecule has 0 aliphatic rings. The van der Waals surface area contributed by atoms with Crippen molar-refractivity contribution in [2.75, 3.05) is 18.7 Å². The lowest BCUT2D eigenvalue weighted by atomic mass is 10.1. The lowest BCUT2D eigenvalue weighted by Gasteiger charge is -2.13. The van der Waals surface area contributed by atoms with Crippen LogP contribution in [-0.4, -0.2) is 41.7 Å². The number of pyridine rings is 2. The second-order valence-corrected chi connectivity index (χ2v) is 9.32. The zero-order valence-electron chi connectivity index (χ0n) is 18.0. The molecule has 34 heavy (non-hydrogen) atoms. The van der Waals surface area contributed by atoms with E-state index in [1.165, 1.54) is 37.6 Å². The van der Waals surface area contributed by atoms with Crippen molar-refractivity contribution in [3.63, 3.8) is 0 Å². The average molecular weight is 489 g/mol. The maximum Gasteiger partial charge on any atom is 0.418 e. The number of benzene rings is 1. The van der Waals surface area contributed by atoms with Crippen LogP contribution < -0.4 is 5.32 Å². The molecule has 4 rings (SSSR count). The predicted molar refractivity (Wildman–Crippen MR) is 119 cm³/mol. The standard InChI is InChI=1S/C22H18F3N5O3S/c1-33-12-18-29-20(27-13-5-7-14(8-6-13)34(2,31)32)15-9-10-17(28-21(15)30-18)19-16(22(23,24)25)4-3-11-26-19/h3-11H,12H2,1-2H3,(H,27,28,29,30). The molecule has 0 unspecified atom stereocenters. The van der Waals surface area contributed by atoms with Crippen LogP contribution in [-0.2, 0) is 27.4 Å². The largest absolute Gasteiger partial charge is 0.418 e. The number of methoxy groups -OCH3 is 1. The zero-order valence-corrected chi connectivity index (χ0v) is 18.8. The van der Waals surface area contributed by atoms with Gasteiger partial charge >= 0.3 is 6.18 Å². The number of alkyl halides is 3. The fourth-order valence-corrected chi connectivity index (χ4v) is 3.87. The van der Waals surface area contributed by atoms with Crippen molar-refractivity contribution in [1.29, 1.82) is 0 Å². The van der Waals surface area contributed by atoms with Gasteiger partial charge in [0.15, 0.2) is 21.3 Å². The molecule has 0 bridgehead atoms. The van der Waals surface area contributed by atoms with Gasteiger partial charge < -0.3 is 10.1 Å². The number of halogens is 3. The van der Waals surface area contributed by atoms with Crippen molar-refractivity contribution in [2.24, 2.45) is 0 Å². The van der Waals surface area contributed by atoms with Gasteiger partial charge in [-0.25, -0.2) is 23.4 Å². The molecule has 1 aromatic carbocycles. The normalized spacial score (nSPS) is 12.1. The molecule has 1 N–H and O–H groups in total. The van der Waals surface area contributed by atoms with E-state index in [0.29, 0.717) is 16.9 Å². The molecular weight excluding hydrogens is 471 g/mol. The first-order valence-corrected chi connectivity index (χ1v) is 11.7. The molecule has 0 aliphatic heterocycles. The summed E-state index contributed by atoms with van der Waals surface area (Å²) >= 11 is 0. The SMILES string of the molecule is COCc1nc(Nc2ccc(S(C)(=O)=O)cc2)c2ccc(-c3ncccc3C(F)(F)F)nc2n1.